The first-order chi connectivity index (χ1) is 8.18. The third kappa shape index (κ3) is 2.62. The minimum absolute atomic E-state index is 0.0401. The molecule has 0 atom stereocenters. The number of carbonyl (C=O) groups is 1. The molecule has 2 aromatic rings. The summed E-state index contributed by atoms with van der Waals surface area (Å²) in [5.74, 6) is 0.203. The Labute approximate surface area is 103 Å². The summed E-state index contributed by atoms with van der Waals surface area (Å²) in [5.41, 5.74) is 0.528. The molecule has 0 aromatic carbocycles. The predicted molar refractivity (Wildman–Crippen MR) is 62.5 cm³/mol. The smallest absolute Gasteiger partial charge is 0.243 e. The number of halogens is 1. The molecule has 0 aliphatic rings. The lowest BCUT2D eigenvalue weighted by molar-refractivity contribution is -0.119. The largest absolute Gasteiger partial charge is 0.468 e. The van der Waals surface area contributed by atoms with Gasteiger partial charge >= 0.3 is 0 Å². The van der Waals surface area contributed by atoms with Gasteiger partial charge in [0.2, 0.25) is 5.88 Å². The van der Waals surface area contributed by atoms with Crippen molar-refractivity contribution >= 4 is 17.4 Å². The maximum Gasteiger partial charge on any atom is 0.243 e. The van der Waals surface area contributed by atoms with Crippen LogP contribution in [0.15, 0.2) is 30.9 Å². The molecule has 2 rings (SSSR count). The highest BCUT2D eigenvalue weighted by atomic mass is 35.5. The van der Waals surface area contributed by atoms with Crippen molar-refractivity contribution < 1.29 is 9.53 Å². The lowest BCUT2D eigenvalue weighted by Gasteiger charge is -2.10. The Hall–Kier alpha value is -1.88. The van der Waals surface area contributed by atoms with Gasteiger partial charge < -0.3 is 9.30 Å². The van der Waals surface area contributed by atoms with Crippen molar-refractivity contribution in [3.05, 3.63) is 36.0 Å². The molecule has 0 saturated heterocycles. The zero-order valence-electron chi connectivity index (χ0n) is 9.13. The minimum Gasteiger partial charge on any atom is -0.468 e. The van der Waals surface area contributed by atoms with E-state index in [1.807, 2.05) is 12.1 Å². The van der Waals surface area contributed by atoms with E-state index in [-0.39, 0.29) is 23.4 Å². The molecule has 0 amide bonds. The summed E-state index contributed by atoms with van der Waals surface area (Å²) in [7, 11) is 0. The minimum atomic E-state index is -0.0850. The van der Waals surface area contributed by atoms with Crippen LogP contribution < -0.4 is 4.74 Å². The SMILES string of the molecule is CC(=O)COc1ncnc(Cl)c1-n1cccc1. The summed E-state index contributed by atoms with van der Waals surface area (Å²) in [6.45, 7) is 1.40. The van der Waals surface area contributed by atoms with Gasteiger partial charge in [0.05, 0.1) is 0 Å². The van der Waals surface area contributed by atoms with Crippen LogP contribution in [0.25, 0.3) is 5.69 Å². The second-order valence-corrected chi connectivity index (χ2v) is 3.76. The maximum absolute atomic E-state index is 10.9. The van der Waals surface area contributed by atoms with Crippen molar-refractivity contribution in [3.8, 4) is 11.6 Å². The monoisotopic (exact) mass is 251 g/mol. The van der Waals surface area contributed by atoms with Gasteiger partial charge in [0.25, 0.3) is 0 Å². The van der Waals surface area contributed by atoms with Gasteiger partial charge in [-0.15, -0.1) is 0 Å². The number of hydrogen-bond acceptors (Lipinski definition) is 4. The van der Waals surface area contributed by atoms with E-state index in [0.29, 0.717) is 5.69 Å². The van der Waals surface area contributed by atoms with E-state index in [1.54, 1.807) is 17.0 Å². The second kappa shape index (κ2) is 4.97. The molecule has 0 unspecified atom stereocenters. The molecule has 0 aliphatic heterocycles. The van der Waals surface area contributed by atoms with E-state index in [1.165, 1.54) is 13.3 Å². The van der Waals surface area contributed by atoms with Crippen molar-refractivity contribution in [1.29, 1.82) is 0 Å². The Morgan fingerprint density at radius 3 is 2.76 bits per heavy atom. The maximum atomic E-state index is 10.9. The third-order valence-corrected chi connectivity index (χ3v) is 2.30. The van der Waals surface area contributed by atoms with Crippen LogP contribution >= 0.6 is 11.6 Å². The van der Waals surface area contributed by atoms with Crippen LogP contribution in [0.4, 0.5) is 0 Å². The Morgan fingerprint density at radius 1 is 1.41 bits per heavy atom. The molecule has 0 bridgehead atoms. The fraction of sp³-hybridized carbons (Fsp3) is 0.182. The van der Waals surface area contributed by atoms with Gasteiger partial charge in [-0.3, -0.25) is 4.79 Å². The number of Topliss-reactive ketones (excluding diaryl/α,β-unsaturated/α-hetero) is 1. The van der Waals surface area contributed by atoms with E-state index in [9.17, 15) is 4.79 Å². The van der Waals surface area contributed by atoms with E-state index in [4.69, 9.17) is 16.3 Å². The number of hydrogen-bond donors (Lipinski definition) is 0. The number of aromatic nitrogens is 3. The Bertz CT molecular complexity index is 526. The van der Waals surface area contributed by atoms with Gasteiger partial charge in [0.15, 0.2) is 10.9 Å². The zero-order valence-corrected chi connectivity index (χ0v) is 9.89. The van der Waals surface area contributed by atoms with Gasteiger partial charge in [0, 0.05) is 12.4 Å². The Balaban J connectivity index is 2.38. The Kier molecular flexibility index (Phi) is 3.39. The third-order valence-electron chi connectivity index (χ3n) is 2.02. The quantitative estimate of drug-likeness (QED) is 0.779. The number of rotatable bonds is 4. The van der Waals surface area contributed by atoms with Crippen LogP contribution in [0.2, 0.25) is 5.15 Å². The zero-order chi connectivity index (χ0) is 12.3. The molecule has 5 nitrogen and oxygen atoms in total. The summed E-state index contributed by atoms with van der Waals surface area (Å²) in [6.07, 6.45) is 4.89. The summed E-state index contributed by atoms with van der Waals surface area (Å²) in [4.78, 5) is 18.8. The molecule has 2 heterocycles. The highest BCUT2D eigenvalue weighted by molar-refractivity contribution is 6.31. The normalized spacial score (nSPS) is 10.2. The molecule has 0 radical (unpaired) electrons. The van der Waals surface area contributed by atoms with Crippen molar-refractivity contribution in [2.24, 2.45) is 0 Å². The first kappa shape index (κ1) is 11.6. The van der Waals surface area contributed by atoms with Gasteiger partial charge in [0.1, 0.15) is 18.6 Å². The molecule has 0 spiro atoms. The number of ketones is 1. The van der Waals surface area contributed by atoms with Gasteiger partial charge in [-0.25, -0.2) is 4.98 Å². The molecule has 6 heteroatoms. The van der Waals surface area contributed by atoms with Crippen molar-refractivity contribution in [3.63, 3.8) is 0 Å². The molecule has 0 N–H and O–H groups in total. The first-order valence-corrected chi connectivity index (χ1v) is 5.32. The molecule has 0 saturated carbocycles. The van der Waals surface area contributed by atoms with Crippen molar-refractivity contribution in [2.75, 3.05) is 6.61 Å². The molecule has 2 aromatic heterocycles. The molecular formula is C11H10ClN3O2. The number of carbonyl (C=O) groups excluding carboxylic acids is 1. The van der Waals surface area contributed by atoms with Crippen LogP contribution in [0, 0.1) is 0 Å². The number of ether oxygens (including phenoxy) is 1. The van der Waals surface area contributed by atoms with Crippen LogP contribution in [0.3, 0.4) is 0 Å². The van der Waals surface area contributed by atoms with E-state index in [2.05, 4.69) is 9.97 Å². The van der Waals surface area contributed by atoms with E-state index < -0.39 is 0 Å². The van der Waals surface area contributed by atoms with E-state index >= 15 is 0 Å². The fourth-order valence-electron chi connectivity index (χ4n) is 1.32. The summed E-state index contributed by atoms with van der Waals surface area (Å²) in [6, 6.07) is 3.69. The molecular weight excluding hydrogens is 242 g/mol. The lowest BCUT2D eigenvalue weighted by Crippen LogP contribution is -2.10. The second-order valence-electron chi connectivity index (χ2n) is 3.40. The average Bonchev–Trinajstić information content (AvgIpc) is 2.79. The molecule has 0 aliphatic carbocycles. The highest BCUT2D eigenvalue weighted by Gasteiger charge is 2.13. The average molecular weight is 252 g/mol. The van der Waals surface area contributed by atoms with Crippen molar-refractivity contribution in [1.82, 2.24) is 14.5 Å². The summed E-state index contributed by atoms with van der Waals surface area (Å²) in [5, 5.41) is 0.273. The highest BCUT2D eigenvalue weighted by Crippen LogP contribution is 2.26. The fourth-order valence-corrected chi connectivity index (χ4v) is 1.54. The lowest BCUT2D eigenvalue weighted by atomic mass is 10.4. The van der Waals surface area contributed by atoms with Crippen LogP contribution in [-0.4, -0.2) is 26.9 Å². The van der Waals surface area contributed by atoms with Crippen LogP contribution in [0.5, 0.6) is 5.88 Å². The molecule has 17 heavy (non-hydrogen) atoms. The van der Waals surface area contributed by atoms with Crippen LogP contribution in [-0.2, 0) is 4.79 Å². The predicted octanol–water partition coefficient (Wildman–Crippen LogP) is 1.89. The molecule has 0 fully saturated rings. The number of nitrogens with zero attached hydrogens (tertiary/aromatic N) is 3. The first-order valence-electron chi connectivity index (χ1n) is 4.94. The van der Waals surface area contributed by atoms with E-state index in [0.717, 1.165) is 0 Å². The Morgan fingerprint density at radius 2 is 2.12 bits per heavy atom. The van der Waals surface area contributed by atoms with Gasteiger partial charge in [-0.1, -0.05) is 11.6 Å². The summed E-state index contributed by atoms with van der Waals surface area (Å²) < 4.78 is 7.03. The molecule has 88 valence electrons. The standard InChI is InChI=1S/C11H10ClN3O2/c1-8(16)6-17-11-9(10(12)13-7-14-11)15-4-2-3-5-15/h2-5,7H,6H2,1H3. The topological polar surface area (TPSA) is 57.0 Å². The van der Waals surface area contributed by atoms with Gasteiger partial charge in [-0.05, 0) is 19.1 Å². The summed E-state index contributed by atoms with van der Waals surface area (Å²) >= 11 is 6.00. The van der Waals surface area contributed by atoms with Crippen LogP contribution in [0.1, 0.15) is 6.92 Å². The van der Waals surface area contributed by atoms with Crippen molar-refractivity contribution in [2.45, 2.75) is 6.92 Å². The van der Waals surface area contributed by atoms with Gasteiger partial charge in [-0.2, -0.15) is 4.98 Å².